The number of carbonyl (C=O) groups is 3. The van der Waals surface area contributed by atoms with Crippen LogP contribution in [0.1, 0.15) is 52.4 Å². The van der Waals surface area contributed by atoms with E-state index in [0.29, 0.717) is 5.92 Å². The van der Waals surface area contributed by atoms with Crippen LogP contribution in [0.2, 0.25) is 0 Å². The summed E-state index contributed by atoms with van der Waals surface area (Å²) in [6, 6.07) is 0.121. The van der Waals surface area contributed by atoms with Crippen molar-refractivity contribution in [2.45, 2.75) is 58.4 Å². The first-order chi connectivity index (χ1) is 11.0. The number of amides is 1. The van der Waals surface area contributed by atoms with Crippen LogP contribution in [0.4, 0.5) is 0 Å². The Morgan fingerprint density at radius 1 is 1.09 bits per heavy atom. The van der Waals surface area contributed by atoms with Crippen molar-refractivity contribution >= 4 is 17.8 Å². The van der Waals surface area contributed by atoms with Crippen molar-refractivity contribution in [3.63, 3.8) is 0 Å². The second kappa shape index (κ2) is 8.31. The van der Waals surface area contributed by atoms with Gasteiger partial charge in [0.05, 0.1) is 19.4 Å². The molecule has 1 N–H and O–H groups in total. The molecule has 2 rings (SSSR count). The number of ether oxygens (including phenoxy) is 2. The Morgan fingerprint density at radius 3 is 2.35 bits per heavy atom. The molecule has 4 atom stereocenters. The number of nitrogens with one attached hydrogen (secondary N) is 1. The number of hydrogen-bond donors (Lipinski definition) is 1. The minimum Gasteiger partial charge on any atom is -0.466 e. The second-order valence-corrected chi connectivity index (χ2v) is 6.66. The summed E-state index contributed by atoms with van der Waals surface area (Å²) in [5.41, 5.74) is 0. The normalized spacial score (nSPS) is 26.6. The van der Waals surface area contributed by atoms with Gasteiger partial charge < -0.3 is 14.8 Å². The van der Waals surface area contributed by atoms with E-state index in [4.69, 9.17) is 9.47 Å². The largest absolute Gasteiger partial charge is 0.466 e. The van der Waals surface area contributed by atoms with Crippen molar-refractivity contribution in [1.29, 1.82) is 0 Å². The van der Waals surface area contributed by atoms with Gasteiger partial charge in [-0.2, -0.15) is 0 Å². The molecule has 6 heteroatoms. The van der Waals surface area contributed by atoms with E-state index in [0.717, 1.165) is 11.8 Å². The fraction of sp³-hybridized carbons (Fsp3) is 0.824. The highest BCUT2D eigenvalue weighted by Gasteiger charge is 2.42. The number of esters is 2. The van der Waals surface area contributed by atoms with Crippen molar-refractivity contribution in [2.75, 3.05) is 13.2 Å². The van der Waals surface area contributed by atoms with Crippen molar-refractivity contribution in [3.8, 4) is 0 Å². The van der Waals surface area contributed by atoms with E-state index < -0.39 is 11.9 Å². The molecule has 0 radical (unpaired) electrons. The Bertz CT molecular complexity index is 450. The van der Waals surface area contributed by atoms with Crippen molar-refractivity contribution in [2.24, 2.45) is 17.8 Å². The van der Waals surface area contributed by atoms with Crippen LogP contribution in [0.3, 0.4) is 0 Å². The predicted molar refractivity (Wildman–Crippen MR) is 83.4 cm³/mol. The molecule has 0 spiro atoms. The first-order valence-electron chi connectivity index (χ1n) is 8.60. The third kappa shape index (κ3) is 5.22. The highest BCUT2D eigenvalue weighted by atomic mass is 16.5. The molecule has 0 aromatic heterocycles. The van der Waals surface area contributed by atoms with Crippen LogP contribution in [-0.2, 0) is 23.9 Å². The molecule has 6 nitrogen and oxygen atoms in total. The zero-order valence-corrected chi connectivity index (χ0v) is 14.0. The second-order valence-electron chi connectivity index (χ2n) is 6.66. The molecular formula is C17H27NO5. The Labute approximate surface area is 137 Å². The lowest BCUT2D eigenvalue weighted by Crippen LogP contribution is -2.42. The summed E-state index contributed by atoms with van der Waals surface area (Å²) in [5.74, 6) is 0.869. The van der Waals surface area contributed by atoms with Gasteiger partial charge in [0.25, 0.3) is 5.91 Å². The van der Waals surface area contributed by atoms with E-state index >= 15 is 0 Å². The molecule has 2 bridgehead atoms. The molecule has 2 saturated carbocycles. The molecule has 2 aliphatic rings. The van der Waals surface area contributed by atoms with Crippen LogP contribution in [-0.4, -0.2) is 37.1 Å². The lowest BCUT2D eigenvalue weighted by atomic mass is 9.84. The van der Waals surface area contributed by atoms with Gasteiger partial charge >= 0.3 is 11.9 Å². The van der Waals surface area contributed by atoms with Gasteiger partial charge in [-0.25, -0.2) is 0 Å². The monoisotopic (exact) mass is 325 g/mol. The van der Waals surface area contributed by atoms with Crippen LogP contribution >= 0.6 is 0 Å². The SMILES string of the molecule is CCOC(=O)CCC(=O)OCC(=O)N[C@@H](C)[C@@H]1C[C@@H]2CC[C@H]1C2. The molecule has 0 unspecified atom stereocenters. The smallest absolute Gasteiger partial charge is 0.306 e. The molecule has 0 aromatic carbocycles. The first kappa shape index (κ1) is 17.8. The maximum Gasteiger partial charge on any atom is 0.306 e. The van der Waals surface area contributed by atoms with E-state index in [-0.39, 0.29) is 38.0 Å². The maximum absolute atomic E-state index is 11.9. The average Bonchev–Trinajstić information content (AvgIpc) is 3.14. The Balaban J connectivity index is 1.61. The van der Waals surface area contributed by atoms with Gasteiger partial charge in [-0.1, -0.05) is 6.42 Å². The van der Waals surface area contributed by atoms with Gasteiger partial charge in [0.2, 0.25) is 0 Å². The van der Waals surface area contributed by atoms with E-state index in [9.17, 15) is 14.4 Å². The lowest BCUT2D eigenvalue weighted by molar-refractivity contribution is -0.152. The number of fused-ring (bicyclic) bond motifs is 2. The van der Waals surface area contributed by atoms with E-state index in [1.165, 1.54) is 25.7 Å². The zero-order chi connectivity index (χ0) is 16.8. The summed E-state index contributed by atoms with van der Waals surface area (Å²) in [6.07, 6.45) is 5.03. The first-order valence-corrected chi connectivity index (χ1v) is 8.60. The molecule has 130 valence electrons. The van der Waals surface area contributed by atoms with Crippen LogP contribution < -0.4 is 5.32 Å². The summed E-state index contributed by atoms with van der Waals surface area (Å²) in [5, 5.41) is 2.94. The third-order valence-electron chi connectivity index (χ3n) is 5.03. The summed E-state index contributed by atoms with van der Waals surface area (Å²) in [7, 11) is 0. The Hall–Kier alpha value is -1.59. The molecule has 2 aliphatic carbocycles. The Morgan fingerprint density at radius 2 is 1.78 bits per heavy atom. The molecule has 0 aliphatic heterocycles. The van der Waals surface area contributed by atoms with Gasteiger partial charge in [0.15, 0.2) is 6.61 Å². The van der Waals surface area contributed by atoms with E-state index in [1.54, 1.807) is 6.92 Å². The van der Waals surface area contributed by atoms with Gasteiger partial charge in [0, 0.05) is 6.04 Å². The lowest BCUT2D eigenvalue weighted by Gasteiger charge is -2.28. The summed E-state index contributed by atoms with van der Waals surface area (Å²) < 4.78 is 9.62. The highest BCUT2D eigenvalue weighted by molar-refractivity contribution is 5.82. The molecule has 23 heavy (non-hydrogen) atoms. The van der Waals surface area contributed by atoms with Gasteiger partial charge in [-0.05, 0) is 50.9 Å². The topological polar surface area (TPSA) is 81.7 Å². The molecule has 0 saturated heterocycles. The number of rotatable bonds is 8. The van der Waals surface area contributed by atoms with Crippen LogP contribution in [0.15, 0.2) is 0 Å². The fourth-order valence-electron chi connectivity index (χ4n) is 3.96. The summed E-state index contributed by atoms with van der Waals surface area (Å²) in [4.78, 5) is 34.5. The van der Waals surface area contributed by atoms with E-state index in [1.807, 2.05) is 6.92 Å². The maximum atomic E-state index is 11.9. The molecule has 0 aromatic rings. The summed E-state index contributed by atoms with van der Waals surface area (Å²) >= 11 is 0. The quantitative estimate of drug-likeness (QED) is 0.688. The third-order valence-corrected chi connectivity index (χ3v) is 5.03. The van der Waals surface area contributed by atoms with Crippen molar-refractivity contribution < 1.29 is 23.9 Å². The molecule has 2 fully saturated rings. The van der Waals surface area contributed by atoms with Crippen molar-refractivity contribution in [3.05, 3.63) is 0 Å². The standard InChI is InChI=1S/C17H27NO5/c1-3-22-16(20)6-7-17(21)23-10-15(19)18-11(2)14-9-12-4-5-13(14)8-12/h11-14H,3-10H2,1-2H3,(H,18,19)/t11-,12+,13-,14-/m0/s1. The van der Waals surface area contributed by atoms with Gasteiger partial charge in [-0.15, -0.1) is 0 Å². The summed E-state index contributed by atoms with van der Waals surface area (Å²) in [6.45, 7) is 3.74. The molecular weight excluding hydrogens is 298 g/mol. The average molecular weight is 325 g/mol. The van der Waals surface area contributed by atoms with Crippen molar-refractivity contribution in [1.82, 2.24) is 5.32 Å². The highest BCUT2D eigenvalue weighted by Crippen LogP contribution is 2.49. The van der Waals surface area contributed by atoms with E-state index in [2.05, 4.69) is 5.32 Å². The fourth-order valence-corrected chi connectivity index (χ4v) is 3.96. The van der Waals surface area contributed by atoms with Crippen LogP contribution in [0.25, 0.3) is 0 Å². The minimum absolute atomic E-state index is 0.0180. The Kier molecular flexibility index (Phi) is 6.42. The van der Waals surface area contributed by atoms with Gasteiger partial charge in [0.1, 0.15) is 0 Å². The van der Waals surface area contributed by atoms with Gasteiger partial charge in [-0.3, -0.25) is 14.4 Å². The minimum atomic E-state index is -0.555. The predicted octanol–water partition coefficient (Wildman–Crippen LogP) is 1.81. The number of hydrogen-bond acceptors (Lipinski definition) is 5. The molecule has 1 amide bonds. The van der Waals surface area contributed by atoms with Crippen LogP contribution in [0.5, 0.6) is 0 Å². The van der Waals surface area contributed by atoms with Crippen LogP contribution in [0, 0.1) is 17.8 Å². The zero-order valence-electron chi connectivity index (χ0n) is 14.0. The number of carbonyl (C=O) groups excluding carboxylic acids is 3. The molecule has 0 heterocycles.